The molecule has 1 saturated heterocycles. The van der Waals surface area contributed by atoms with E-state index in [4.69, 9.17) is 4.74 Å². The topological polar surface area (TPSA) is 61.8 Å². The zero-order valence-electron chi connectivity index (χ0n) is 14.0. The summed E-state index contributed by atoms with van der Waals surface area (Å²) in [5.74, 6) is 0.824. The van der Waals surface area contributed by atoms with Gasteiger partial charge in [-0.05, 0) is 43.4 Å². The molecular weight excluding hydrogens is 292 g/mol. The Balaban J connectivity index is 1.69. The highest BCUT2D eigenvalue weighted by atomic mass is 16.5. The van der Waals surface area contributed by atoms with E-state index in [9.17, 15) is 9.90 Å². The minimum Gasteiger partial charge on any atom is -0.492 e. The number of ether oxygens (including phenoxy) is 1. The average molecular weight is 320 g/mol. The predicted octanol–water partition coefficient (Wildman–Crippen LogP) is 2.57. The SMILES string of the molecule is CCCc1ccc(OCCNC(=O)N2CCCCC2CO)cc1. The summed E-state index contributed by atoms with van der Waals surface area (Å²) in [6, 6.07) is 7.95. The van der Waals surface area contributed by atoms with Gasteiger partial charge in [-0.1, -0.05) is 25.5 Å². The van der Waals surface area contributed by atoms with Gasteiger partial charge in [-0.2, -0.15) is 0 Å². The number of nitrogens with one attached hydrogen (secondary N) is 1. The number of benzene rings is 1. The molecule has 0 aliphatic carbocycles. The molecule has 0 saturated carbocycles. The number of amides is 2. The zero-order chi connectivity index (χ0) is 16.5. The molecule has 0 aromatic heterocycles. The molecule has 2 rings (SSSR count). The van der Waals surface area contributed by atoms with Gasteiger partial charge in [0.2, 0.25) is 0 Å². The Bertz CT molecular complexity index is 476. The lowest BCUT2D eigenvalue weighted by Crippen LogP contribution is -2.50. The summed E-state index contributed by atoms with van der Waals surface area (Å²) < 4.78 is 5.65. The molecule has 0 radical (unpaired) electrons. The molecule has 1 unspecified atom stereocenters. The molecular formula is C18H28N2O3. The first-order chi connectivity index (χ1) is 11.2. The normalized spacial score (nSPS) is 17.8. The molecule has 2 amide bonds. The van der Waals surface area contributed by atoms with Crippen LogP contribution >= 0.6 is 0 Å². The number of carbonyl (C=O) groups is 1. The standard InChI is InChI=1S/C18H28N2O3/c1-2-5-15-7-9-17(10-8-15)23-13-11-19-18(22)20-12-4-3-6-16(20)14-21/h7-10,16,21H,2-6,11-14H2,1H3,(H,19,22). The zero-order valence-corrected chi connectivity index (χ0v) is 14.0. The third-order valence-corrected chi connectivity index (χ3v) is 4.21. The van der Waals surface area contributed by atoms with Crippen LogP contribution in [0.1, 0.15) is 38.2 Å². The molecule has 128 valence electrons. The van der Waals surface area contributed by atoms with E-state index in [2.05, 4.69) is 24.4 Å². The van der Waals surface area contributed by atoms with Gasteiger partial charge in [-0.25, -0.2) is 4.79 Å². The van der Waals surface area contributed by atoms with Crippen LogP contribution in [-0.4, -0.2) is 48.4 Å². The van der Waals surface area contributed by atoms with E-state index >= 15 is 0 Å². The second-order valence-corrected chi connectivity index (χ2v) is 6.00. The Kier molecular flexibility index (Phi) is 7.20. The fourth-order valence-corrected chi connectivity index (χ4v) is 2.93. The molecule has 1 aromatic rings. The van der Waals surface area contributed by atoms with Gasteiger partial charge >= 0.3 is 6.03 Å². The van der Waals surface area contributed by atoms with E-state index in [1.807, 2.05) is 12.1 Å². The summed E-state index contributed by atoms with van der Waals surface area (Å²) in [6.07, 6.45) is 5.18. The van der Waals surface area contributed by atoms with Crippen LogP contribution in [0.15, 0.2) is 24.3 Å². The average Bonchev–Trinajstić information content (AvgIpc) is 2.60. The number of aliphatic hydroxyl groups is 1. The smallest absolute Gasteiger partial charge is 0.317 e. The highest BCUT2D eigenvalue weighted by molar-refractivity contribution is 5.74. The minimum absolute atomic E-state index is 0.0357. The van der Waals surface area contributed by atoms with Crippen LogP contribution < -0.4 is 10.1 Å². The van der Waals surface area contributed by atoms with Crippen molar-refractivity contribution < 1.29 is 14.6 Å². The second kappa shape index (κ2) is 9.40. The highest BCUT2D eigenvalue weighted by Gasteiger charge is 2.25. The molecule has 1 atom stereocenters. The summed E-state index contributed by atoms with van der Waals surface area (Å²) in [4.78, 5) is 13.9. The molecule has 23 heavy (non-hydrogen) atoms. The Morgan fingerprint density at radius 3 is 2.83 bits per heavy atom. The van der Waals surface area contributed by atoms with Crippen molar-refractivity contribution in [3.63, 3.8) is 0 Å². The van der Waals surface area contributed by atoms with Crippen LogP contribution in [0.5, 0.6) is 5.75 Å². The van der Waals surface area contributed by atoms with Gasteiger partial charge in [0.1, 0.15) is 12.4 Å². The monoisotopic (exact) mass is 320 g/mol. The van der Waals surface area contributed by atoms with Gasteiger partial charge in [-0.15, -0.1) is 0 Å². The summed E-state index contributed by atoms with van der Waals surface area (Å²) >= 11 is 0. The van der Waals surface area contributed by atoms with Crippen molar-refractivity contribution in [1.82, 2.24) is 10.2 Å². The van der Waals surface area contributed by atoms with E-state index in [0.29, 0.717) is 13.2 Å². The molecule has 5 nitrogen and oxygen atoms in total. The van der Waals surface area contributed by atoms with Gasteiger partial charge in [-0.3, -0.25) is 0 Å². The summed E-state index contributed by atoms with van der Waals surface area (Å²) in [5.41, 5.74) is 1.31. The van der Waals surface area contributed by atoms with Crippen molar-refractivity contribution in [3.8, 4) is 5.75 Å². The van der Waals surface area contributed by atoms with Crippen molar-refractivity contribution in [1.29, 1.82) is 0 Å². The van der Waals surface area contributed by atoms with E-state index < -0.39 is 0 Å². The number of rotatable bonds is 7. The summed E-state index contributed by atoms with van der Waals surface area (Å²) in [6.45, 7) is 3.82. The molecule has 1 heterocycles. The lowest BCUT2D eigenvalue weighted by atomic mass is 10.0. The third-order valence-electron chi connectivity index (χ3n) is 4.21. The lowest BCUT2D eigenvalue weighted by molar-refractivity contribution is 0.107. The van der Waals surface area contributed by atoms with Gasteiger partial charge in [0.15, 0.2) is 0 Å². The van der Waals surface area contributed by atoms with Crippen molar-refractivity contribution >= 4 is 6.03 Å². The molecule has 0 bridgehead atoms. The second-order valence-electron chi connectivity index (χ2n) is 6.00. The maximum absolute atomic E-state index is 12.1. The number of hydrogen-bond donors (Lipinski definition) is 2. The molecule has 1 aromatic carbocycles. The maximum atomic E-state index is 12.1. The number of aliphatic hydroxyl groups excluding tert-OH is 1. The van der Waals surface area contributed by atoms with E-state index in [-0.39, 0.29) is 18.7 Å². The number of aryl methyl sites for hydroxylation is 1. The van der Waals surface area contributed by atoms with Gasteiger partial charge < -0.3 is 20.1 Å². The van der Waals surface area contributed by atoms with Crippen LogP contribution in [0.3, 0.4) is 0 Å². The minimum atomic E-state index is -0.106. The predicted molar refractivity (Wildman–Crippen MR) is 90.8 cm³/mol. The van der Waals surface area contributed by atoms with Crippen molar-refractivity contribution in [2.24, 2.45) is 0 Å². The molecule has 1 fully saturated rings. The molecule has 0 spiro atoms. The van der Waals surface area contributed by atoms with Crippen LogP contribution in [0, 0.1) is 0 Å². The number of urea groups is 1. The third kappa shape index (κ3) is 5.43. The fourth-order valence-electron chi connectivity index (χ4n) is 2.93. The first-order valence-corrected chi connectivity index (χ1v) is 8.61. The first-order valence-electron chi connectivity index (χ1n) is 8.61. The maximum Gasteiger partial charge on any atom is 0.317 e. The number of hydrogen-bond acceptors (Lipinski definition) is 3. The van der Waals surface area contributed by atoms with Crippen LogP contribution in [0.2, 0.25) is 0 Å². The fraction of sp³-hybridized carbons (Fsp3) is 0.611. The summed E-state index contributed by atoms with van der Waals surface area (Å²) in [7, 11) is 0. The quantitative estimate of drug-likeness (QED) is 0.759. The first kappa shape index (κ1) is 17.6. The number of nitrogens with zero attached hydrogens (tertiary/aromatic N) is 1. The van der Waals surface area contributed by atoms with Crippen molar-refractivity contribution in [3.05, 3.63) is 29.8 Å². The van der Waals surface area contributed by atoms with Gasteiger partial charge in [0.05, 0.1) is 19.2 Å². The van der Waals surface area contributed by atoms with Crippen molar-refractivity contribution in [2.45, 2.75) is 45.1 Å². The van der Waals surface area contributed by atoms with E-state index in [0.717, 1.165) is 44.4 Å². The highest BCUT2D eigenvalue weighted by Crippen LogP contribution is 2.16. The van der Waals surface area contributed by atoms with E-state index in [1.54, 1.807) is 4.90 Å². The van der Waals surface area contributed by atoms with Gasteiger partial charge in [0, 0.05) is 6.54 Å². The van der Waals surface area contributed by atoms with Crippen LogP contribution in [0.25, 0.3) is 0 Å². The number of piperidine rings is 1. The largest absolute Gasteiger partial charge is 0.492 e. The number of carbonyl (C=O) groups excluding carboxylic acids is 1. The van der Waals surface area contributed by atoms with Gasteiger partial charge in [0.25, 0.3) is 0 Å². The molecule has 1 aliphatic heterocycles. The van der Waals surface area contributed by atoms with Crippen molar-refractivity contribution in [2.75, 3.05) is 26.3 Å². The Labute approximate surface area is 138 Å². The Morgan fingerprint density at radius 2 is 2.13 bits per heavy atom. The lowest BCUT2D eigenvalue weighted by Gasteiger charge is -2.34. The molecule has 5 heteroatoms. The Hall–Kier alpha value is -1.75. The number of likely N-dealkylation sites (tertiary alicyclic amines) is 1. The Morgan fingerprint density at radius 1 is 1.35 bits per heavy atom. The van der Waals surface area contributed by atoms with E-state index in [1.165, 1.54) is 5.56 Å². The van der Waals surface area contributed by atoms with Crippen LogP contribution in [-0.2, 0) is 6.42 Å². The van der Waals surface area contributed by atoms with Crippen LogP contribution in [0.4, 0.5) is 4.79 Å². The summed E-state index contributed by atoms with van der Waals surface area (Å²) in [5, 5.41) is 12.2. The molecule has 1 aliphatic rings. The molecule has 2 N–H and O–H groups in total.